The smallest absolute Gasteiger partial charge is 0.254 e. The van der Waals surface area contributed by atoms with Crippen molar-refractivity contribution in [2.75, 3.05) is 6.54 Å². The van der Waals surface area contributed by atoms with Crippen LogP contribution in [0.5, 0.6) is 0 Å². The normalized spacial score (nSPS) is 16.4. The monoisotopic (exact) mass is 205 g/mol. The first-order valence-electron chi connectivity index (χ1n) is 5.48. The Bertz CT molecular complexity index is 330. The molecular formula is C13H19NO. The van der Waals surface area contributed by atoms with Crippen LogP contribution in [0.3, 0.4) is 0 Å². The standard InChI is InChI=1S/C11H13NO.C2H6/c1-11(2)8-12(11)10(13)9-6-4-3-5-7-9;1-2/h3-7H,8H2,1-2H3;1-2H3. The highest BCUT2D eigenvalue weighted by atomic mass is 16.2. The van der Waals surface area contributed by atoms with E-state index in [1.807, 2.05) is 49.1 Å². The zero-order valence-electron chi connectivity index (χ0n) is 9.95. The molecule has 1 aliphatic heterocycles. The van der Waals surface area contributed by atoms with E-state index < -0.39 is 0 Å². The van der Waals surface area contributed by atoms with Crippen LogP contribution in [0.15, 0.2) is 30.3 Å². The second-order valence-electron chi connectivity index (χ2n) is 4.07. The fourth-order valence-electron chi connectivity index (χ4n) is 1.43. The largest absolute Gasteiger partial charge is 0.329 e. The molecule has 1 aromatic rings. The molecule has 1 amide bonds. The number of nitrogens with zero attached hydrogens (tertiary/aromatic N) is 1. The van der Waals surface area contributed by atoms with E-state index in [4.69, 9.17) is 0 Å². The lowest BCUT2D eigenvalue weighted by Gasteiger charge is -2.06. The number of rotatable bonds is 1. The predicted octanol–water partition coefficient (Wildman–Crippen LogP) is 2.95. The first-order valence-corrected chi connectivity index (χ1v) is 5.48. The molecule has 0 bridgehead atoms. The Morgan fingerprint density at radius 2 is 1.67 bits per heavy atom. The summed E-state index contributed by atoms with van der Waals surface area (Å²) in [6.45, 7) is 9.03. The zero-order chi connectivity index (χ0) is 11.5. The molecule has 15 heavy (non-hydrogen) atoms. The number of hydrogen-bond acceptors (Lipinski definition) is 1. The number of amides is 1. The van der Waals surface area contributed by atoms with Gasteiger partial charge in [-0.1, -0.05) is 32.0 Å². The summed E-state index contributed by atoms with van der Waals surface area (Å²) >= 11 is 0. The SMILES string of the molecule is CC.CC1(C)CN1C(=O)c1ccccc1. The first-order chi connectivity index (χ1) is 7.11. The van der Waals surface area contributed by atoms with Crippen LogP contribution in [0.1, 0.15) is 38.1 Å². The molecule has 82 valence electrons. The Balaban J connectivity index is 0.000000531. The quantitative estimate of drug-likeness (QED) is 0.645. The van der Waals surface area contributed by atoms with Gasteiger partial charge in [0.15, 0.2) is 0 Å². The van der Waals surface area contributed by atoms with Crippen LogP contribution >= 0.6 is 0 Å². The molecule has 0 aromatic heterocycles. The Kier molecular flexibility index (Phi) is 3.51. The average Bonchev–Trinajstić information content (AvgIpc) is 2.91. The van der Waals surface area contributed by atoms with Crippen molar-refractivity contribution < 1.29 is 4.79 Å². The lowest BCUT2D eigenvalue weighted by Crippen LogP contribution is -2.17. The second-order valence-corrected chi connectivity index (χ2v) is 4.07. The molecule has 1 aliphatic rings. The topological polar surface area (TPSA) is 20.1 Å². The van der Waals surface area contributed by atoms with Crippen molar-refractivity contribution in [1.82, 2.24) is 4.90 Å². The van der Waals surface area contributed by atoms with Gasteiger partial charge < -0.3 is 4.90 Å². The maximum Gasteiger partial charge on any atom is 0.254 e. The van der Waals surface area contributed by atoms with Gasteiger partial charge in [-0.25, -0.2) is 0 Å². The lowest BCUT2D eigenvalue weighted by atomic mass is 10.2. The number of carbonyl (C=O) groups is 1. The van der Waals surface area contributed by atoms with Gasteiger partial charge in [0.05, 0.1) is 5.54 Å². The van der Waals surface area contributed by atoms with Gasteiger partial charge in [0, 0.05) is 12.1 Å². The molecule has 0 atom stereocenters. The molecule has 0 aliphatic carbocycles. The first kappa shape index (κ1) is 11.8. The highest BCUT2D eigenvalue weighted by molar-refractivity contribution is 5.96. The molecule has 0 radical (unpaired) electrons. The summed E-state index contributed by atoms with van der Waals surface area (Å²) in [4.78, 5) is 13.6. The fraction of sp³-hybridized carbons (Fsp3) is 0.462. The van der Waals surface area contributed by atoms with Gasteiger partial charge in [0.25, 0.3) is 5.91 Å². The molecule has 2 nitrogen and oxygen atoms in total. The van der Waals surface area contributed by atoms with Gasteiger partial charge >= 0.3 is 0 Å². The van der Waals surface area contributed by atoms with Gasteiger partial charge in [-0.2, -0.15) is 0 Å². The van der Waals surface area contributed by atoms with Gasteiger partial charge in [-0.3, -0.25) is 4.79 Å². The second kappa shape index (κ2) is 4.47. The molecular weight excluding hydrogens is 186 g/mol. The Labute approximate surface area is 91.9 Å². The van der Waals surface area contributed by atoms with Crippen LogP contribution in [0.2, 0.25) is 0 Å². The maximum atomic E-state index is 11.7. The van der Waals surface area contributed by atoms with Crippen LogP contribution in [0.4, 0.5) is 0 Å². The summed E-state index contributed by atoms with van der Waals surface area (Å²) < 4.78 is 0. The van der Waals surface area contributed by atoms with E-state index in [0.717, 1.165) is 12.1 Å². The third kappa shape index (κ3) is 2.58. The Hall–Kier alpha value is -1.31. The minimum Gasteiger partial charge on any atom is -0.329 e. The van der Waals surface area contributed by atoms with E-state index in [-0.39, 0.29) is 11.4 Å². The van der Waals surface area contributed by atoms with Crippen LogP contribution in [0, 0.1) is 0 Å². The van der Waals surface area contributed by atoms with E-state index in [2.05, 4.69) is 13.8 Å². The summed E-state index contributed by atoms with van der Waals surface area (Å²) in [5.74, 6) is 0.144. The average molecular weight is 205 g/mol. The summed E-state index contributed by atoms with van der Waals surface area (Å²) in [5.41, 5.74) is 0.862. The molecule has 1 aromatic carbocycles. The van der Waals surface area contributed by atoms with Crippen LogP contribution < -0.4 is 0 Å². The highest BCUT2D eigenvalue weighted by Gasteiger charge is 2.46. The van der Waals surface area contributed by atoms with E-state index in [9.17, 15) is 4.79 Å². The number of carbonyl (C=O) groups excluding carboxylic acids is 1. The van der Waals surface area contributed by atoms with Crippen LogP contribution in [0.25, 0.3) is 0 Å². The Morgan fingerprint density at radius 3 is 2.07 bits per heavy atom. The van der Waals surface area contributed by atoms with E-state index in [1.54, 1.807) is 0 Å². The van der Waals surface area contributed by atoms with Crippen molar-refractivity contribution in [3.05, 3.63) is 35.9 Å². The van der Waals surface area contributed by atoms with Crippen molar-refractivity contribution in [3.8, 4) is 0 Å². The molecule has 1 heterocycles. The summed E-state index contributed by atoms with van der Waals surface area (Å²) in [6.07, 6.45) is 0. The minimum atomic E-state index is 0.0763. The number of hydrogen-bond donors (Lipinski definition) is 0. The third-order valence-corrected chi connectivity index (χ3v) is 2.44. The molecule has 0 spiro atoms. The molecule has 1 fully saturated rings. The predicted molar refractivity (Wildman–Crippen MR) is 62.9 cm³/mol. The minimum absolute atomic E-state index is 0.0763. The van der Waals surface area contributed by atoms with E-state index in [1.165, 1.54) is 0 Å². The molecule has 1 saturated heterocycles. The van der Waals surface area contributed by atoms with Crippen molar-refractivity contribution in [2.24, 2.45) is 0 Å². The highest BCUT2D eigenvalue weighted by Crippen LogP contribution is 2.32. The van der Waals surface area contributed by atoms with Crippen LogP contribution in [-0.4, -0.2) is 22.9 Å². The molecule has 2 heteroatoms. The van der Waals surface area contributed by atoms with Crippen molar-refractivity contribution in [3.63, 3.8) is 0 Å². The van der Waals surface area contributed by atoms with Crippen LogP contribution in [-0.2, 0) is 0 Å². The maximum absolute atomic E-state index is 11.7. The van der Waals surface area contributed by atoms with Crippen molar-refractivity contribution in [2.45, 2.75) is 33.2 Å². The molecule has 0 saturated carbocycles. The van der Waals surface area contributed by atoms with Gasteiger partial charge in [-0.15, -0.1) is 0 Å². The summed E-state index contributed by atoms with van der Waals surface area (Å²) in [7, 11) is 0. The van der Waals surface area contributed by atoms with Gasteiger partial charge in [0.1, 0.15) is 0 Å². The van der Waals surface area contributed by atoms with Gasteiger partial charge in [-0.05, 0) is 26.0 Å². The Morgan fingerprint density at radius 1 is 1.20 bits per heavy atom. The lowest BCUT2D eigenvalue weighted by molar-refractivity contribution is 0.0861. The molecule has 0 N–H and O–H groups in total. The summed E-state index contributed by atoms with van der Waals surface area (Å²) in [5, 5.41) is 0. The zero-order valence-corrected chi connectivity index (χ0v) is 9.95. The summed E-state index contributed by atoms with van der Waals surface area (Å²) in [6, 6.07) is 9.42. The van der Waals surface area contributed by atoms with E-state index >= 15 is 0 Å². The third-order valence-electron chi connectivity index (χ3n) is 2.44. The molecule has 0 unspecified atom stereocenters. The van der Waals surface area contributed by atoms with E-state index in [0.29, 0.717) is 0 Å². The fourth-order valence-corrected chi connectivity index (χ4v) is 1.43. The molecule has 2 rings (SSSR count). The number of benzene rings is 1. The van der Waals surface area contributed by atoms with Crippen molar-refractivity contribution >= 4 is 5.91 Å². The van der Waals surface area contributed by atoms with Crippen molar-refractivity contribution in [1.29, 1.82) is 0 Å². The van der Waals surface area contributed by atoms with Gasteiger partial charge in [0.2, 0.25) is 0 Å².